The molecule has 0 spiro atoms. The Morgan fingerprint density at radius 3 is 2.59 bits per heavy atom. The van der Waals surface area contributed by atoms with Gasteiger partial charge in [-0.15, -0.1) is 11.3 Å². The number of amides is 1. The second-order valence-electron chi connectivity index (χ2n) is 6.08. The first-order chi connectivity index (χ1) is 13.1. The lowest BCUT2D eigenvalue weighted by molar-refractivity contribution is 0.102. The van der Waals surface area contributed by atoms with Crippen molar-refractivity contribution in [3.05, 3.63) is 71.2 Å². The van der Waals surface area contributed by atoms with E-state index in [0.717, 1.165) is 33.6 Å². The highest BCUT2D eigenvalue weighted by molar-refractivity contribution is 7.14. The van der Waals surface area contributed by atoms with Crippen molar-refractivity contribution in [3.8, 4) is 17.0 Å². The maximum absolute atomic E-state index is 12.6. The Morgan fingerprint density at radius 2 is 1.81 bits per heavy atom. The number of aryl methyl sites for hydroxylation is 1. The summed E-state index contributed by atoms with van der Waals surface area (Å²) in [7, 11) is 1.63. The summed E-state index contributed by atoms with van der Waals surface area (Å²) in [5.74, 6) is 0.596. The van der Waals surface area contributed by atoms with Crippen molar-refractivity contribution in [2.75, 3.05) is 12.4 Å². The van der Waals surface area contributed by atoms with Gasteiger partial charge >= 0.3 is 0 Å². The summed E-state index contributed by atoms with van der Waals surface area (Å²) in [6.07, 6.45) is 0. The van der Waals surface area contributed by atoms with E-state index in [9.17, 15) is 4.79 Å². The van der Waals surface area contributed by atoms with Crippen molar-refractivity contribution in [1.82, 2.24) is 9.97 Å². The van der Waals surface area contributed by atoms with Crippen LogP contribution in [-0.4, -0.2) is 23.0 Å². The van der Waals surface area contributed by atoms with Gasteiger partial charge < -0.3 is 4.74 Å². The number of thiazole rings is 1. The third-order valence-corrected chi connectivity index (χ3v) is 4.96. The average molecular weight is 375 g/mol. The van der Waals surface area contributed by atoms with E-state index in [1.54, 1.807) is 19.2 Å². The van der Waals surface area contributed by atoms with Gasteiger partial charge in [0.25, 0.3) is 5.91 Å². The third kappa shape index (κ3) is 3.66. The molecule has 0 radical (unpaired) electrons. The van der Waals surface area contributed by atoms with Crippen molar-refractivity contribution in [2.45, 2.75) is 6.92 Å². The van der Waals surface area contributed by atoms with Gasteiger partial charge in [-0.3, -0.25) is 15.1 Å². The van der Waals surface area contributed by atoms with Crippen molar-refractivity contribution < 1.29 is 9.53 Å². The van der Waals surface area contributed by atoms with Gasteiger partial charge in [-0.25, -0.2) is 4.98 Å². The first kappa shape index (κ1) is 17.2. The monoisotopic (exact) mass is 375 g/mol. The molecular weight excluding hydrogens is 358 g/mol. The maximum Gasteiger partial charge on any atom is 0.257 e. The number of anilines is 1. The van der Waals surface area contributed by atoms with Crippen LogP contribution in [0.3, 0.4) is 0 Å². The summed E-state index contributed by atoms with van der Waals surface area (Å²) in [6.45, 7) is 1.93. The van der Waals surface area contributed by atoms with Crippen LogP contribution in [0.5, 0.6) is 5.75 Å². The number of pyridine rings is 1. The maximum atomic E-state index is 12.6. The van der Waals surface area contributed by atoms with Crippen LogP contribution >= 0.6 is 11.3 Å². The van der Waals surface area contributed by atoms with E-state index in [4.69, 9.17) is 4.74 Å². The lowest BCUT2D eigenvalue weighted by Crippen LogP contribution is -2.11. The van der Waals surface area contributed by atoms with Crippen LogP contribution in [-0.2, 0) is 0 Å². The molecule has 27 heavy (non-hydrogen) atoms. The molecule has 2 aromatic carbocycles. The molecule has 0 unspecified atom stereocenters. The van der Waals surface area contributed by atoms with E-state index in [0.29, 0.717) is 10.7 Å². The normalized spacial score (nSPS) is 10.7. The minimum absolute atomic E-state index is 0.198. The number of methoxy groups -OCH3 is 1. The molecule has 0 saturated heterocycles. The summed E-state index contributed by atoms with van der Waals surface area (Å²) >= 11 is 1.39. The molecular formula is C21H17N3O2S. The fraction of sp³-hybridized carbons (Fsp3) is 0.0952. The molecule has 1 amide bonds. The summed E-state index contributed by atoms with van der Waals surface area (Å²) in [6, 6.07) is 17.1. The van der Waals surface area contributed by atoms with Crippen LogP contribution in [0.4, 0.5) is 5.13 Å². The van der Waals surface area contributed by atoms with Crippen molar-refractivity contribution >= 4 is 33.3 Å². The van der Waals surface area contributed by atoms with Gasteiger partial charge in [0.05, 0.1) is 18.3 Å². The lowest BCUT2D eigenvalue weighted by Gasteiger charge is -2.04. The zero-order valence-electron chi connectivity index (χ0n) is 14.9. The second kappa shape index (κ2) is 7.17. The van der Waals surface area contributed by atoms with Gasteiger partial charge in [-0.1, -0.05) is 12.1 Å². The minimum Gasteiger partial charge on any atom is -0.497 e. The predicted octanol–water partition coefficient (Wildman–Crippen LogP) is 4.93. The predicted molar refractivity (Wildman–Crippen MR) is 109 cm³/mol. The highest BCUT2D eigenvalue weighted by atomic mass is 32.1. The Kier molecular flexibility index (Phi) is 4.56. The fourth-order valence-electron chi connectivity index (χ4n) is 2.76. The Hall–Kier alpha value is -3.25. The largest absolute Gasteiger partial charge is 0.497 e. The molecule has 0 bridgehead atoms. The second-order valence-corrected chi connectivity index (χ2v) is 6.94. The summed E-state index contributed by atoms with van der Waals surface area (Å²) in [4.78, 5) is 21.6. The van der Waals surface area contributed by atoms with Gasteiger partial charge in [0.1, 0.15) is 5.75 Å². The van der Waals surface area contributed by atoms with Gasteiger partial charge in [-0.05, 0) is 49.4 Å². The number of aromatic nitrogens is 2. The van der Waals surface area contributed by atoms with E-state index in [1.165, 1.54) is 11.3 Å². The van der Waals surface area contributed by atoms with E-state index >= 15 is 0 Å². The van der Waals surface area contributed by atoms with Gasteiger partial charge in [0.2, 0.25) is 0 Å². The first-order valence-corrected chi connectivity index (χ1v) is 9.29. The van der Waals surface area contributed by atoms with E-state index in [1.807, 2.05) is 54.8 Å². The van der Waals surface area contributed by atoms with Gasteiger partial charge in [0, 0.05) is 27.6 Å². The standard InChI is InChI=1S/C21H17N3O2S/c1-13-3-4-14-5-6-16(11-18(14)22-13)20(25)24-21-23-19(12-27-21)15-7-9-17(26-2)10-8-15/h3-12H,1-2H3,(H,23,24,25). The first-order valence-electron chi connectivity index (χ1n) is 8.41. The average Bonchev–Trinajstić information content (AvgIpc) is 3.16. The van der Waals surface area contributed by atoms with Crippen molar-refractivity contribution in [3.63, 3.8) is 0 Å². The minimum atomic E-state index is -0.198. The summed E-state index contributed by atoms with van der Waals surface area (Å²) in [5, 5.41) is 6.35. The molecule has 5 nitrogen and oxygen atoms in total. The Balaban J connectivity index is 1.53. The molecule has 2 heterocycles. The molecule has 0 aliphatic rings. The summed E-state index contributed by atoms with van der Waals surface area (Å²) < 4.78 is 5.17. The van der Waals surface area contributed by atoms with Crippen molar-refractivity contribution in [1.29, 1.82) is 0 Å². The zero-order valence-corrected chi connectivity index (χ0v) is 15.7. The molecule has 4 rings (SSSR count). The quantitative estimate of drug-likeness (QED) is 0.549. The number of nitrogens with one attached hydrogen (secondary N) is 1. The third-order valence-electron chi connectivity index (χ3n) is 4.20. The number of ether oxygens (including phenoxy) is 1. The van der Waals surface area contributed by atoms with Gasteiger partial charge in [0.15, 0.2) is 5.13 Å². The molecule has 0 fully saturated rings. The van der Waals surface area contributed by atoms with Gasteiger partial charge in [-0.2, -0.15) is 0 Å². The number of nitrogens with zero attached hydrogens (tertiary/aromatic N) is 2. The number of hydrogen-bond donors (Lipinski definition) is 1. The topological polar surface area (TPSA) is 64.1 Å². The summed E-state index contributed by atoms with van der Waals surface area (Å²) in [5.41, 5.74) is 4.07. The molecule has 4 aromatic rings. The molecule has 0 atom stereocenters. The number of carbonyl (C=O) groups excluding carboxylic acids is 1. The highest BCUT2D eigenvalue weighted by Crippen LogP contribution is 2.27. The van der Waals surface area contributed by atoms with E-state index < -0.39 is 0 Å². The van der Waals surface area contributed by atoms with E-state index in [2.05, 4.69) is 15.3 Å². The van der Waals surface area contributed by atoms with E-state index in [-0.39, 0.29) is 5.91 Å². The lowest BCUT2D eigenvalue weighted by atomic mass is 10.1. The van der Waals surface area contributed by atoms with Crippen LogP contribution in [0.2, 0.25) is 0 Å². The number of rotatable bonds is 4. The van der Waals surface area contributed by atoms with Crippen LogP contribution in [0.1, 0.15) is 16.1 Å². The zero-order chi connectivity index (χ0) is 18.8. The molecule has 2 aromatic heterocycles. The van der Waals surface area contributed by atoms with Crippen molar-refractivity contribution in [2.24, 2.45) is 0 Å². The van der Waals surface area contributed by atoms with Crippen LogP contribution in [0, 0.1) is 6.92 Å². The Morgan fingerprint density at radius 1 is 1.04 bits per heavy atom. The smallest absolute Gasteiger partial charge is 0.257 e. The molecule has 6 heteroatoms. The highest BCUT2D eigenvalue weighted by Gasteiger charge is 2.11. The fourth-order valence-corrected chi connectivity index (χ4v) is 3.47. The number of hydrogen-bond acceptors (Lipinski definition) is 5. The van der Waals surface area contributed by atoms with Crippen LogP contribution in [0.15, 0.2) is 60.0 Å². The Bertz CT molecular complexity index is 1120. The number of fused-ring (bicyclic) bond motifs is 1. The molecule has 0 aliphatic heterocycles. The molecule has 0 aliphatic carbocycles. The number of benzene rings is 2. The Labute approximate surface area is 160 Å². The van der Waals surface area contributed by atoms with Crippen LogP contribution < -0.4 is 10.1 Å². The number of carbonyl (C=O) groups is 1. The SMILES string of the molecule is COc1ccc(-c2csc(NC(=O)c3ccc4ccc(C)nc4c3)n2)cc1. The molecule has 0 saturated carbocycles. The van der Waals surface area contributed by atoms with Crippen LogP contribution in [0.25, 0.3) is 22.2 Å². The molecule has 134 valence electrons. The molecule has 1 N–H and O–H groups in total.